The van der Waals surface area contributed by atoms with Gasteiger partial charge in [-0.05, 0) is 22.9 Å². The maximum atomic E-state index is 4.10. The van der Waals surface area contributed by atoms with Gasteiger partial charge in [0.05, 0.1) is 0 Å². The molecule has 4 heteroatoms. The van der Waals surface area contributed by atoms with Gasteiger partial charge in [-0.3, -0.25) is 0 Å². The van der Waals surface area contributed by atoms with E-state index in [1.165, 1.54) is 0 Å². The zero-order valence-corrected chi connectivity index (χ0v) is 7.44. The minimum atomic E-state index is 1.05. The molecule has 1 unspecified atom stereocenters. The second-order valence-electron chi connectivity index (χ2n) is 1.35. The molecule has 0 aromatic carbocycles. The highest BCUT2D eigenvalue weighted by Gasteiger charge is 1.87. The summed E-state index contributed by atoms with van der Waals surface area (Å²) < 4.78 is 0. The molecule has 1 nitrogen and oxygen atoms in total. The Balaban J connectivity index is 2.61. The molecule has 0 amide bonds. The molecule has 9 heavy (non-hydrogen) atoms. The SMILES string of the molecule is PSSc1ccccn1. The minimum Gasteiger partial charge on any atom is -0.249 e. The lowest BCUT2D eigenvalue weighted by molar-refractivity contribution is 1.14. The van der Waals surface area contributed by atoms with Crippen molar-refractivity contribution >= 4 is 29.6 Å². The van der Waals surface area contributed by atoms with Crippen molar-refractivity contribution < 1.29 is 0 Å². The first kappa shape index (κ1) is 7.39. The molecule has 0 radical (unpaired) electrons. The molecular weight excluding hydrogens is 169 g/mol. The largest absolute Gasteiger partial charge is 0.249 e. The lowest BCUT2D eigenvalue weighted by Crippen LogP contribution is -1.70. The summed E-state index contributed by atoms with van der Waals surface area (Å²) in [4.78, 5) is 4.10. The van der Waals surface area contributed by atoms with Crippen LogP contribution in [-0.2, 0) is 0 Å². The number of nitrogens with zero attached hydrogens (tertiary/aromatic N) is 1. The average Bonchev–Trinajstić information content (AvgIpc) is 1.91. The van der Waals surface area contributed by atoms with Gasteiger partial charge >= 0.3 is 0 Å². The normalized spacial score (nSPS) is 9.44. The summed E-state index contributed by atoms with van der Waals surface area (Å²) in [5.41, 5.74) is 0. The predicted molar refractivity (Wildman–Crippen MR) is 47.4 cm³/mol. The molecule has 0 fully saturated rings. The fourth-order valence-electron chi connectivity index (χ4n) is 0.446. The monoisotopic (exact) mass is 175 g/mol. The molecule has 0 aliphatic heterocycles. The fraction of sp³-hybridized carbons (Fsp3) is 0. The summed E-state index contributed by atoms with van der Waals surface area (Å²) in [6.07, 6.45) is 1.79. The maximum absolute atomic E-state index is 4.10. The standard InChI is InChI=1S/C5H6NPS2/c7-9-8-5-3-1-2-4-6-5/h1-4H,7H2. The molecular formula is C5H6NPS2. The lowest BCUT2D eigenvalue weighted by Gasteiger charge is -1.91. The van der Waals surface area contributed by atoms with Crippen LogP contribution in [0.15, 0.2) is 29.4 Å². The Morgan fingerprint density at radius 2 is 2.33 bits per heavy atom. The van der Waals surface area contributed by atoms with Crippen LogP contribution >= 0.6 is 29.6 Å². The van der Waals surface area contributed by atoms with Gasteiger partial charge in [0.25, 0.3) is 0 Å². The van der Waals surface area contributed by atoms with Crippen LogP contribution in [-0.4, -0.2) is 4.98 Å². The van der Waals surface area contributed by atoms with E-state index in [1.54, 1.807) is 27.4 Å². The van der Waals surface area contributed by atoms with E-state index in [-0.39, 0.29) is 0 Å². The number of hydrogen-bond acceptors (Lipinski definition) is 3. The van der Waals surface area contributed by atoms with Crippen molar-refractivity contribution in [3.8, 4) is 0 Å². The molecule has 0 aliphatic carbocycles. The molecule has 1 rings (SSSR count). The summed E-state index contributed by atoms with van der Waals surface area (Å²) in [7, 11) is 5.84. The molecule has 48 valence electrons. The highest BCUT2D eigenvalue weighted by molar-refractivity contribution is 8.94. The summed E-state index contributed by atoms with van der Waals surface area (Å²) in [6, 6.07) is 5.88. The zero-order valence-electron chi connectivity index (χ0n) is 4.65. The Morgan fingerprint density at radius 3 is 2.89 bits per heavy atom. The van der Waals surface area contributed by atoms with E-state index in [1.807, 2.05) is 18.2 Å². The third kappa shape index (κ3) is 2.57. The second-order valence-corrected chi connectivity index (χ2v) is 4.93. The molecule has 0 bridgehead atoms. The van der Waals surface area contributed by atoms with Crippen LogP contribution in [0, 0.1) is 0 Å². The van der Waals surface area contributed by atoms with Gasteiger partial charge in [-0.15, -0.1) is 0 Å². The highest BCUT2D eigenvalue weighted by atomic mass is 33.3. The van der Waals surface area contributed by atoms with Gasteiger partial charge in [-0.2, -0.15) is 0 Å². The van der Waals surface area contributed by atoms with Gasteiger partial charge in [0.1, 0.15) is 5.03 Å². The first-order chi connectivity index (χ1) is 4.43. The number of pyridine rings is 1. The van der Waals surface area contributed by atoms with Crippen LogP contribution in [0.2, 0.25) is 0 Å². The van der Waals surface area contributed by atoms with E-state index in [9.17, 15) is 0 Å². The quantitative estimate of drug-likeness (QED) is 0.506. The Morgan fingerprint density at radius 1 is 1.44 bits per heavy atom. The van der Waals surface area contributed by atoms with Crippen LogP contribution in [0.3, 0.4) is 0 Å². The summed E-state index contributed by atoms with van der Waals surface area (Å²) >= 11 is 0. The number of hydrogen-bond donors (Lipinski definition) is 0. The number of rotatable bonds is 2. The molecule has 0 saturated carbocycles. The third-order valence-corrected chi connectivity index (χ3v) is 2.95. The predicted octanol–water partition coefficient (Wildman–Crippen LogP) is 2.61. The van der Waals surface area contributed by atoms with E-state index in [2.05, 4.69) is 13.4 Å². The maximum Gasteiger partial charge on any atom is 0.107 e. The number of aromatic nitrogens is 1. The lowest BCUT2D eigenvalue weighted by atomic mass is 10.5. The summed E-state index contributed by atoms with van der Waals surface area (Å²) in [5.74, 6) is 0. The van der Waals surface area contributed by atoms with Gasteiger partial charge < -0.3 is 0 Å². The Kier molecular flexibility index (Phi) is 3.41. The summed E-state index contributed by atoms with van der Waals surface area (Å²) in [6.45, 7) is 0. The van der Waals surface area contributed by atoms with Crippen molar-refractivity contribution in [1.29, 1.82) is 0 Å². The molecule has 1 aromatic heterocycles. The zero-order chi connectivity index (χ0) is 6.53. The third-order valence-electron chi connectivity index (χ3n) is 0.771. The minimum absolute atomic E-state index is 1.05. The Hall–Kier alpha value is 0.280. The molecule has 1 aromatic rings. The van der Waals surface area contributed by atoms with Crippen molar-refractivity contribution in [2.24, 2.45) is 0 Å². The molecule has 0 spiro atoms. The van der Waals surface area contributed by atoms with Gasteiger partial charge in [0, 0.05) is 6.20 Å². The van der Waals surface area contributed by atoms with E-state index in [4.69, 9.17) is 0 Å². The van der Waals surface area contributed by atoms with Gasteiger partial charge in [-0.25, -0.2) is 4.98 Å². The second kappa shape index (κ2) is 4.15. The first-order valence-electron chi connectivity index (χ1n) is 2.38. The topological polar surface area (TPSA) is 12.9 Å². The van der Waals surface area contributed by atoms with Gasteiger partial charge in [0.15, 0.2) is 0 Å². The fourth-order valence-corrected chi connectivity index (χ4v) is 2.26. The van der Waals surface area contributed by atoms with Crippen molar-refractivity contribution in [1.82, 2.24) is 4.98 Å². The van der Waals surface area contributed by atoms with E-state index < -0.39 is 0 Å². The average molecular weight is 175 g/mol. The van der Waals surface area contributed by atoms with Crippen LogP contribution in [0.25, 0.3) is 0 Å². The Labute approximate surface area is 64.4 Å². The van der Waals surface area contributed by atoms with E-state index in [0.717, 1.165) is 5.03 Å². The van der Waals surface area contributed by atoms with Crippen molar-refractivity contribution in [2.75, 3.05) is 0 Å². The molecule has 0 aliphatic rings. The van der Waals surface area contributed by atoms with Crippen LogP contribution < -0.4 is 0 Å². The smallest absolute Gasteiger partial charge is 0.107 e. The Bertz CT molecular complexity index is 168. The van der Waals surface area contributed by atoms with Crippen LogP contribution in [0.5, 0.6) is 0 Å². The van der Waals surface area contributed by atoms with Crippen molar-refractivity contribution in [2.45, 2.75) is 5.03 Å². The van der Waals surface area contributed by atoms with Crippen molar-refractivity contribution in [3.05, 3.63) is 24.4 Å². The van der Waals surface area contributed by atoms with Crippen molar-refractivity contribution in [3.63, 3.8) is 0 Å². The van der Waals surface area contributed by atoms with E-state index in [0.29, 0.717) is 0 Å². The molecule has 1 atom stereocenters. The van der Waals surface area contributed by atoms with Gasteiger partial charge in [0.2, 0.25) is 0 Å². The van der Waals surface area contributed by atoms with Crippen LogP contribution in [0.4, 0.5) is 0 Å². The molecule has 0 saturated heterocycles. The highest BCUT2D eigenvalue weighted by Crippen LogP contribution is 2.33. The molecule has 1 heterocycles. The first-order valence-corrected chi connectivity index (χ1v) is 6.00. The van der Waals surface area contributed by atoms with Crippen LogP contribution in [0.1, 0.15) is 0 Å². The van der Waals surface area contributed by atoms with Gasteiger partial charge in [-0.1, -0.05) is 24.9 Å². The molecule has 0 N–H and O–H groups in total. The summed E-state index contributed by atoms with van der Waals surface area (Å²) in [5, 5.41) is 1.05. The van der Waals surface area contributed by atoms with E-state index >= 15 is 0 Å².